The first kappa shape index (κ1) is 15.7. The van der Waals surface area contributed by atoms with Gasteiger partial charge in [0.15, 0.2) is 11.5 Å². The molecule has 0 spiro atoms. The van der Waals surface area contributed by atoms with Crippen LogP contribution in [0.4, 0.5) is 0 Å². The molecular formula is C19H15NO4S. The number of rotatable bonds is 3. The van der Waals surface area contributed by atoms with E-state index in [0.717, 1.165) is 16.7 Å². The van der Waals surface area contributed by atoms with Crippen molar-refractivity contribution in [2.45, 2.75) is 4.90 Å². The van der Waals surface area contributed by atoms with Gasteiger partial charge in [-0.05, 0) is 34.9 Å². The Labute approximate surface area is 145 Å². The van der Waals surface area contributed by atoms with E-state index in [2.05, 4.69) is 0 Å². The topological polar surface area (TPSA) is 78.6 Å². The highest BCUT2D eigenvalue weighted by Crippen LogP contribution is 2.44. The lowest BCUT2D eigenvalue weighted by molar-refractivity contribution is 0.174. The summed E-state index contributed by atoms with van der Waals surface area (Å²) in [4.78, 5) is 0.0750. The van der Waals surface area contributed by atoms with Gasteiger partial charge < -0.3 is 9.47 Å². The van der Waals surface area contributed by atoms with Crippen LogP contribution in [-0.2, 0) is 10.0 Å². The van der Waals surface area contributed by atoms with Crippen LogP contribution in [0.1, 0.15) is 0 Å². The van der Waals surface area contributed by atoms with Gasteiger partial charge >= 0.3 is 0 Å². The molecule has 0 bridgehead atoms. The molecule has 0 aromatic heterocycles. The summed E-state index contributed by atoms with van der Waals surface area (Å²) in [6.07, 6.45) is 0. The smallest absolute Gasteiger partial charge is 0.238 e. The van der Waals surface area contributed by atoms with Crippen molar-refractivity contribution >= 4 is 10.0 Å². The molecule has 126 valence electrons. The van der Waals surface area contributed by atoms with E-state index in [0.29, 0.717) is 17.1 Å². The van der Waals surface area contributed by atoms with Gasteiger partial charge in [0.1, 0.15) is 0 Å². The van der Waals surface area contributed by atoms with Gasteiger partial charge in [0.05, 0.1) is 4.90 Å². The lowest BCUT2D eigenvalue weighted by Gasteiger charge is -2.14. The van der Waals surface area contributed by atoms with E-state index in [1.807, 2.05) is 36.4 Å². The molecular weight excluding hydrogens is 338 g/mol. The third-order valence-corrected chi connectivity index (χ3v) is 5.05. The molecule has 1 heterocycles. The fraction of sp³-hybridized carbons (Fsp3) is 0.0526. The van der Waals surface area contributed by atoms with E-state index in [1.54, 1.807) is 24.3 Å². The van der Waals surface area contributed by atoms with Crippen molar-refractivity contribution in [1.82, 2.24) is 0 Å². The van der Waals surface area contributed by atoms with Crippen molar-refractivity contribution in [3.05, 3.63) is 66.7 Å². The second kappa shape index (κ2) is 5.91. The second-order valence-corrected chi connectivity index (χ2v) is 7.19. The minimum absolute atomic E-state index is 0.0750. The normalized spacial score (nSPS) is 13.0. The van der Waals surface area contributed by atoms with E-state index in [1.165, 1.54) is 6.07 Å². The predicted molar refractivity (Wildman–Crippen MR) is 94.8 cm³/mol. The molecule has 1 aliphatic rings. The molecule has 0 atom stereocenters. The molecule has 4 rings (SSSR count). The van der Waals surface area contributed by atoms with Gasteiger partial charge in [-0.25, -0.2) is 13.6 Å². The van der Waals surface area contributed by atoms with Crippen molar-refractivity contribution in [3.63, 3.8) is 0 Å². The van der Waals surface area contributed by atoms with E-state index < -0.39 is 10.0 Å². The van der Waals surface area contributed by atoms with E-state index in [9.17, 15) is 8.42 Å². The standard InChI is InChI=1S/C19H15NO4S/c20-25(21,22)19-9-5-4-8-14(19)16-11-18-17(23-12-24-18)10-15(16)13-6-2-1-3-7-13/h1-11H,12H2,(H2,20,21,22). The van der Waals surface area contributed by atoms with Crippen LogP contribution in [0.15, 0.2) is 71.6 Å². The molecule has 6 heteroatoms. The minimum Gasteiger partial charge on any atom is -0.454 e. The first-order valence-electron chi connectivity index (χ1n) is 7.65. The fourth-order valence-corrected chi connectivity index (χ4v) is 3.71. The van der Waals surface area contributed by atoms with Crippen molar-refractivity contribution in [2.24, 2.45) is 5.14 Å². The largest absolute Gasteiger partial charge is 0.454 e. The predicted octanol–water partition coefficient (Wildman–Crippen LogP) is 3.40. The molecule has 0 saturated carbocycles. The Kier molecular flexibility index (Phi) is 3.71. The number of ether oxygens (including phenoxy) is 2. The van der Waals surface area contributed by atoms with Gasteiger partial charge in [-0.3, -0.25) is 0 Å². The quantitative estimate of drug-likeness (QED) is 0.783. The molecule has 0 unspecified atom stereocenters. The number of primary sulfonamides is 1. The summed E-state index contributed by atoms with van der Waals surface area (Å²) in [6, 6.07) is 20.0. The summed E-state index contributed by atoms with van der Waals surface area (Å²) in [6.45, 7) is 0.143. The highest BCUT2D eigenvalue weighted by Gasteiger charge is 2.22. The van der Waals surface area contributed by atoms with E-state index in [4.69, 9.17) is 14.6 Å². The lowest BCUT2D eigenvalue weighted by atomic mass is 9.94. The summed E-state index contributed by atoms with van der Waals surface area (Å²) in [7, 11) is -3.87. The van der Waals surface area contributed by atoms with Crippen LogP contribution in [0.5, 0.6) is 11.5 Å². The SMILES string of the molecule is NS(=O)(=O)c1ccccc1-c1cc2c(cc1-c1ccccc1)OCO2. The van der Waals surface area contributed by atoms with Gasteiger partial charge in [0.25, 0.3) is 0 Å². The van der Waals surface area contributed by atoms with Crippen LogP contribution >= 0.6 is 0 Å². The molecule has 2 N–H and O–H groups in total. The van der Waals surface area contributed by atoms with Crippen LogP contribution in [0.3, 0.4) is 0 Å². The molecule has 0 amide bonds. The number of benzene rings is 3. The Bertz CT molecular complexity index is 1050. The zero-order chi connectivity index (χ0) is 17.4. The zero-order valence-corrected chi connectivity index (χ0v) is 14.0. The number of hydrogen-bond acceptors (Lipinski definition) is 4. The molecule has 0 saturated heterocycles. The van der Waals surface area contributed by atoms with Gasteiger partial charge in [-0.1, -0.05) is 48.5 Å². The van der Waals surface area contributed by atoms with Crippen LogP contribution < -0.4 is 14.6 Å². The molecule has 0 radical (unpaired) electrons. The van der Waals surface area contributed by atoms with Gasteiger partial charge in [0.2, 0.25) is 16.8 Å². The Balaban J connectivity index is 2.03. The van der Waals surface area contributed by atoms with Crippen molar-refractivity contribution in [1.29, 1.82) is 0 Å². The molecule has 0 aliphatic carbocycles. The van der Waals surface area contributed by atoms with Gasteiger partial charge in [-0.15, -0.1) is 0 Å². The molecule has 5 nitrogen and oxygen atoms in total. The highest BCUT2D eigenvalue weighted by molar-refractivity contribution is 7.89. The number of hydrogen-bond donors (Lipinski definition) is 1. The van der Waals surface area contributed by atoms with Crippen molar-refractivity contribution in [3.8, 4) is 33.8 Å². The molecule has 25 heavy (non-hydrogen) atoms. The Morgan fingerprint density at radius 1 is 0.760 bits per heavy atom. The van der Waals surface area contributed by atoms with Crippen LogP contribution in [-0.4, -0.2) is 15.2 Å². The van der Waals surface area contributed by atoms with Crippen LogP contribution in [0, 0.1) is 0 Å². The van der Waals surface area contributed by atoms with Crippen LogP contribution in [0.25, 0.3) is 22.3 Å². The lowest BCUT2D eigenvalue weighted by Crippen LogP contribution is -2.13. The monoisotopic (exact) mass is 353 g/mol. The number of sulfonamides is 1. The maximum Gasteiger partial charge on any atom is 0.238 e. The summed E-state index contributed by atoms with van der Waals surface area (Å²) < 4.78 is 35.0. The van der Waals surface area contributed by atoms with Gasteiger partial charge in [-0.2, -0.15) is 0 Å². The Morgan fingerprint density at radius 3 is 2.04 bits per heavy atom. The second-order valence-electron chi connectivity index (χ2n) is 5.66. The third kappa shape index (κ3) is 2.86. The Morgan fingerprint density at radius 2 is 1.36 bits per heavy atom. The van der Waals surface area contributed by atoms with Crippen LogP contribution in [0.2, 0.25) is 0 Å². The average Bonchev–Trinajstić information content (AvgIpc) is 3.08. The molecule has 3 aromatic carbocycles. The average molecular weight is 353 g/mol. The zero-order valence-electron chi connectivity index (χ0n) is 13.2. The number of fused-ring (bicyclic) bond motifs is 1. The molecule has 3 aromatic rings. The maximum absolute atomic E-state index is 12.0. The Hall–Kier alpha value is -2.83. The summed E-state index contributed by atoms with van der Waals surface area (Å²) in [5.74, 6) is 1.22. The summed E-state index contributed by atoms with van der Waals surface area (Å²) >= 11 is 0. The fourth-order valence-electron chi connectivity index (χ4n) is 2.96. The van der Waals surface area contributed by atoms with E-state index >= 15 is 0 Å². The first-order valence-corrected chi connectivity index (χ1v) is 9.20. The minimum atomic E-state index is -3.87. The third-order valence-electron chi connectivity index (χ3n) is 4.08. The van der Waals surface area contributed by atoms with E-state index in [-0.39, 0.29) is 11.7 Å². The maximum atomic E-state index is 12.0. The van der Waals surface area contributed by atoms with Gasteiger partial charge in [0, 0.05) is 5.56 Å². The number of nitrogens with two attached hydrogens (primary N) is 1. The molecule has 0 fully saturated rings. The summed E-state index contributed by atoms with van der Waals surface area (Å²) in [5.41, 5.74) is 3.04. The molecule has 1 aliphatic heterocycles. The highest BCUT2D eigenvalue weighted by atomic mass is 32.2. The van der Waals surface area contributed by atoms with Crippen molar-refractivity contribution < 1.29 is 17.9 Å². The summed E-state index contributed by atoms with van der Waals surface area (Å²) in [5, 5.41) is 5.41. The first-order chi connectivity index (χ1) is 12.0. The van der Waals surface area contributed by atoms with Crippen molar-refractivity contribution in [2.75, 3.05) is 6.79 Å².